The van der Waals surface area contributed by atoms with E-state index >= 15 is 0 Å². The van der Waals surface area contributed by atoms with Crippen LogP contribution in [0, 0.1) is 0 Å². The van der Waals surface area contributed by atoms with Crippen molar-refractivity contribution in [2.45, 2.75) is 49.7 Å². The highest BCUT2D eigenvalue weighted by Crippen LogP contribution is 2.27. The van der Waals surface area contributed by atoms with Crippen LogP contribution in [-0.4, -0.2) is 48.6 Å². The third-order valence-corrected chi connectivity index (χ3v) is 9.35. The van der Waals surface area contributed by atoms with Crippen LogP contribution in [0.15, 0.2) is 77.7 Å². The van der Waals surface area contributed by atoms with Crippen molar-refractivity contribution < 1.29 is 18.0 Å². The summed E-state index contributed by atoms with van der Waals surface area (Å²) in [4.78, 5) is 28.0. The summed E-state index contributed by atoms with van der Waals surface area (Å²) in [7, 11) is -4.00. The number of carbonyl (C=O) groups excluding carboxylic acids is 2. The van der Waals surface area contributed by atoms with Crippen LogP contribution >= 0.6 is 11.6 Å². The van der Waals surface area contributed by atoms with Gasteiger partial charge in [0.2, 0.25) is 15.9 Å². The number of amides is 2. The predicted molar refractivity (Wildman–Crippen MR) is 146 cm³/mol. The number of hydrogen-bond donors (Lipinski definition) is 1. The van der Waals surface area contributed by atoms with Crippen molar-refractivity contribution in [1.82, 2.24) is 14.5 Å². The molecule has 7 nitrogen and oxygen atoms in total. The lowest BCUT2D eigenvalue weighted by molar-refractivity contribution is -0.124. The van der Waals surface area contributed by atoms with Crippen molar-refractivity contribution in [2.24, 2.45) is 0 Å². The molecule has 1 fully saturated rings. The number of benzene rings is 3. The van der Waals surface area contributed by atoms with Crippen LogP contribution in [0.4, 0.5) is 0 Å². The Kier molecular flexibility index (Phi) is 7.83. The van der Waals surface area contributed by atoms with Gasteiger partial charge in [0.05, 0.1) is 4.90 Å². The first-order valence-corrected chi connectivity index (χ1v) is 14.6. The number of carbonyl (C=O) groups is 2. The molecule has 0 aliphatic carbocycles. The van der Waals surface area contributed by atoms with Crippen LogP contribution < -0.4 is 5.32 Å². The van der Waals surface area contributed by atoms with Gasteiger partial charge in [-0.2, -0.15) is 4.31 Å². The van der Waals surface area contributed by atoms with Gasteiger partial charge >= 0.3 is 0 Å². The molecule has 2 aliphatic heterocycles. The normalized spacial score (nSPS) is 18.0. The van der Waals surface area contributed by atoms with E-state index < -0.39 is 16.1 Å². The van der Waals surface area contributed by atoms with Crippen LogP contribution in [0.3, 0.4) is 0 Å². The van der Waals surface area contributed by atoms with Crippen LogP contribution in [-0.2, 0) is 34.3 Å². The zero-order valence-corrected chi connectivity index (χ0v) is 22.5. The molecule has 1 N–H and O–H groups in total. The Morgan fingerprint density at radius 2 is 1.68 bits per heavy atom. The van der Waals surface area contributed by atoms with Crippen molar-refractivity contribution in [3.8, 4) is 0 Å². The first-order valence-electron chi connectivity index (χ1n) is 12.8. The van der Waals surface area contributed by atoms with E-state index in [1.54, 1.807) is 24.3 Å². The van der Waals surface area contributed by atoms with Gasteiger partial charge < -0.3 is 10.2 Å². The van der Waals surface area contributed by atoms with E-state index in [2.05, 4.69) is 17.4 Å². The van der Waals surface area contributed by atoms with E-state index in [0.29, 0.717) is 42.2 Å². The maximum atomic E-state index is 13.7. The number of halogens is 1. The summed E-state index contributed by atoms with van der Waals surface area (Å²) in [6.07, 6.45) is 2.80. The molecule has 1 saturated heterocycles. The van der Waals surface area contributed by atoms with Gasteiger partial charge in [0.15, 0.2) is 0 Å². The molecule has 0 spiro atoms. The van der Waals surface area contributed by atoms with Gasteiger partial charge in [0.1, 0.15) is 6.04 Å². The van der Waals surface area contributed by atoms with Gasteiger partial charge in [-0.15, -0.1) is 0 Å². The fourth-order valence-corrected chi connectivity index (χ4v) is 6.82. The minimum atomic E-state index is -4.00. The number of hydrogen-bond acceptors (Lipinski definition) is 4. The van der Waals surface area contributed by atoms with Gasteiger partial charge in [-0.05, 0) is 78.8 Å². The monoisotopic (exact) mass is 551 g/mol. The fraction of sp³-hybridized carbons (Fsp3) is 0.310. The lowest BCUT2D eigenvalue weighted by atomic mass is 9.99. The van der Waals surface area contributed by atoms with Gasteiger partial charge in [0.25, 0.3) is 5.91 Å². The Morgan fingerprint density at radius 3 is 2.42 bits per heavy atom. The topological polar surface area (TPSA) is 86.8 Å². The number of nitrogens with one attached hydrogen (secondary N) is 1. The largest absolute Gasteiger partial charge is 0.355 e. The van der Waals surface area contributed by atoms with Crippen molar-refractivity contribution in [3.05, 3.63) is 100 Å². The number of rotatable bonds is 6. The molecule has 3 aromatic rings. The van der Waals surface area contributed by atoms with Crippen LogP contribution in [0.2, 0.25) is 5.02 Å². The van der Waals surface area contributed by atoms with Gasteiger partial charge in [-0.25, -0.2) is 8.42 Å². The third-order valence-electron chi connectivity index (χ3n) is 7.23. The molecule has 0 unspecified atom stereocenters. The minimum absolute atomic E-state index is 0.00854. The average Bonchev–Trinajstić information content (AvgIpc) is 3.15. The molecule has 2 aliphatic rings. The maximum Gasteiger partial charge on any atom is 0.254 e. The predicted octanol–water partition coefficient (Wildman–Crippen LogP) is 4.40. The third kappa shape index (κ3) is 5.62. The Hall–Kier alpha value is -3.20. The van der Waals surface area contributed by atoms with E-state index in [9.17, 15) is 18.0 Å². The highest BCUT2D eigenvalue weighted by atomic mass is 35.5. The number of nitrogens with zero attached hydrogens (tertiary/aromatic N) is 2. The van der Waals surface area contributed by atoms with Gasteiger partial charge in [0, 0.05) is 36.8 Å². The van der Waals surface area contributed by atoms with E-state index in [4.69, 9.17) is 11.6 Å². The highest BCUT2D eigenvalue weighted by Gasteiger charge is 2.36. The molecule has 0 saturated carbocycles. The molecule has 2 amide bonds. The molecule has 38 heavy (non-hydrogen) atoms. The Balaban J connectivity index is 1.38. The molecule has 1 atom stereocenters. The van der Waals surface area contributed by atoms with Crippen molar-refractivity contribution in [3.63, 3.8) is 0 Å². The standard InChI is InChI=1S/C29H30ClN3O4S/c30-25-12-14-26(15-13-25)38(36,37)33(27-7-3-4-17-31-28(27)34)19-21-8-10-23(11-9-21)29(35)32-18-16-22-5-1-2-6-24(22)20-32/h1-2,5-6,8-15,27H,3-4,7,16-20H2,(H,31,34)/t27-/m1/s1. The molecular weight excluding hydrogens is 522 g/mol. The summed E-state index contributed by atoms with van der Waals surface area (Å²) < 4.78 is 28.7. The summed E-state index contributed by atoms with van der Waals surface area (Å²) in [6, 6.07) is 20.3. The second kappa shape index (κ2) is 11.3. The zero-order valence-electron chi connectivity index (χ0n) is 21.0. The minimum Gasteiger partial charge on any atom is -0.355 e. The summed E-state index contributed by atoms with van der Waals surface area (Å²) >= 11 is 5.98. The van der Waals surface area contributed by atoms with Crippen LogP contribution in [0.25, 0.3) is 0 Å². The number of sulfonamides is 1. The van der Waals surface area contributed by atoms with Crippen molar-refractivity contribution in [1.29, 1.82) is 0 Å². The van der Waals surface area contributed by atoms with E-state index in [1.165, 1.54) is 34.1 Å². The van der Waals surface area contributed by atoms with Crippen LogP contribution in [0.5, 0.6) is 0 Å². The SMILES string of the molecule is O=C1NCCCC[C@H]1N(Cc1ccc(C(=O)N2CCc3ccccc3C2)cc1)S(=O)(=O)c1ccc(Cl)cc1. The highest BCUT2D eigenvalue weighted by molar-refractivity contribution is 7.89. The summed E-state index contributed by atoms with van der Waals surface area (Å²) in [6.45, 7) is 1.76. The molecule has 9 heteroatoms. The molecule has 5 rings (SSSR count). The molecule has 0 radical (unpaired) electrons. The maximum absolute atomic E-state index is 13.7. The van der Waals surface area contributed by atoms with E-state index in [0.717, 1.165) is 24.8 Å². The second-order valence-electron chi connectivity index (χ2n) is 9.75. The Bertz CT molecular complexity index is 1420. The van der Waals surface area contributed by atoms with Crippen molar-refractivity contribution in [2.75, 3.05) is 13.1 Å². The summed E-state index contributed by atoms with van der Waals surface area (Å²) in [5, 5.41) is 3.28. The van der Waals surface area contributed by atoms with Crippen LogP contribution in [0.1, 0.15) is 46.3 Å². The first kappa shape index (κ1) is 26.4. The summed E-state index contributed by atoms with van der Waals surface area (Å²) in [5.41, 5.74) is 3.68. The zero-order chi connectivity index (χ0) is 26.7. The molecule has 198 valence electrons. The molecular formula is C29H30ClN3O4S. The second-order valence-corrected chi connectivity index (χ2v) is 12.1. The molecule has 0 bridgehead atoms. The van der Waals surface area contributed by atoms with Gasteiger partial charge in [-0.3, -0.25) is 9.59 Å². The fourth-order valence-electron chi connectivity index (χ4n) is 5.09. The van der Waals surface area contributed by atoms with E-state index in [1.807, 2.05) is 17.0 Å². The number of fused-ring (bicyclic) bond motifs is 1. The Labute approximate surface area is 228 Å². The smallest absolute Gasteiger partial charge is 0.254 e. The quantitative estimate of drug-likeness (QED) is 0.492. The molecule has 2 heterocycles. The van der Waals surface area contributed by atoms with Crippen molar-refractivity contribution >= 4 is 33.4 Å². The average molecular weight is 552 g/mol. The molecule has 3 aromatic carbocycles. The lowest BCUT2D eigenvalue weighted by Gasteiger charge is -2.30. The summed E-state index contributed by atoms with van der Waals surface area (Å²) in [5.74, 6) is -0.350. The Morgan fingerprint density at radius 1 is 0.974 bits per heavy atom. The van der Waals surface area contributed by atoms with E-state index in [-0.39, 0.29) is 23.3 Å². The lowest BCUT2D eigenvalue weighted by Crippen LogP contribution is -2.48. The van der Waals surface area contributed by atoms with Gasteiger partial charge in [-0.1, -0.05) is 48.0 Å². The first-order chi connectivity index (χ1) is 18.3. The molecule has 0 aromatic heterocycles.